The lowest BCUT2D eigenvalue weighted by Crippen LogP contribution is -2.22. The van der Waals surface area contributed by atoms with Crippen LogP contribution in [-0.2, 0) is 0 Å². The minimum Gasteiger partial charge on any atom is -0.354 e. The number of hydrogen-bond acceptors (Lipinski definition) is 20. The van der Waals surface area contributed by atoms with Crippen molar-refractivity contribution in [3.8, 4) is 44.5 Å². The molecule has 0 radical (unpaired) electrons. The molecule has 20 nitrogen and oxygen atoms in total. The molecule has 12 aromatic heterocycles. The normalized spacial score (nSPS) is 11.2. The van der Waals surface area contributed by atoms with E-state index in [-0.39, 0.29) is 23.6 Å². The fourth-order valence-electron chi connectivity index (χ4n) is 12.6. The van der Waals surface area contributed by atoms with Crippen molar-refractivity contribution in [3.63, 3.8) is 0 Å². The number of carbonyl (C=O) groups is 4. The summed E-state index contributed by atoms with van der Waals surface area (Å²) in [5.41, 5.74) is 20.1. The number of nitrogens with one attached hydrogen (secondary N) is 4. The summed E-state index contributed by atoms with van der Waals surface area (Å²) in [5, 5.41) is 17.4. The maximum absolute atomic E-state index is 12.8. The first kappa shape index (κ1) is 74.0. The monoisotopic (exact) mass is 1560 g/mol. The molecule has 16 rings (SSSR count). The van der Waals surface area contributed by atoms with Crippen LogP contribution in [0.4, 0.5) is 0 Å². The van der Waals surface area contributed by atoms with E-state index in [1.54, 1.807) is 63.7 Å². The number of amides is 4. The van der Waals surface area contributed by atoms with E-state index < -0.39 is 0 Å². The Morgan fingerprint density at radius 2 is 0.528 bits per heavy atom. The number of aromatic nitrogens is 12. The third kappa shape index (κ3) is 14.0. The fraction of sp³-hybridized carbons (Fsp3) is 0.179. The molecule has 0 bridgehead atoms. The average molecular weight is 1560 g/mol. The summed E-state index contributed by atoms with van der Waals surface area (Å²) in [6.45, 7) is 20.3. The number of carbonyl (C=O) groups excluding carboxylic acids is 4. The van der Waals surface area contributed by atoms with Gasteiger partial charge < -0.3 is 21.3 Å². The van der Waals surface area contributed by atoms with E-state index in [1.807, 2.05) is 142 Å². The molecule has 0 saturated carbocycles. The second-order valence-electron chi connectivity index (χ2n) is 24.4. The molecule has 28 heteroatoms. The Labute approximate surface area is 643 Å². The van der Waals surface area contributed by atoms with E-state index in [2.05, 4.69) is 81.1 Å². The van der Waals surface area contributed by atoms with Crippen molar-refractivity contribution in [1.82, 2.24) is 81.1 Å². The Kier molecular flexibility index (Phi) is 21.7. The maximum atomic E-state index is 12.8. The van der Waals surface area contributed by atoms with Gasteiger partial charge in [0.05, 0.1) is 87.0 Å². The van der Waals surface area contributed by atoms with Gasteiger partial charge in [-0.25, -0.2) is 19.9 Å². The van der Waals surface area contributed by atoms with Gasteiger partial charge in [0.15, 0.2) is 0 Å². The predicted molar refractivity (Wildman–Crippen MR) is 433 cm³/mol. The number of nitrogens with zero attached hydrogens (tertiary/aromatic N) is 12. The summed E-state index contributed by atoms with van der Waals surface area (Å²) in [6.07, 6.45) is 13.3. The Balaban J connectivity index is 0.000000125. The third-order valence-corrected chi connectivity index (χ3v) is 24.3. The van der Waals surface area contributed by atoms with E-state index in [9.17, 15) is 19.2 Å². The smallest absolute Gasteiger partial charge is 0.262 e. The zero-order valence-corrected chi connectivity index (χ0v) is 65.4. The Bertz CT molecular complexity index is 5900. The summed E-state index contributed by atoms with van der Waals surface area (Å²) in [5.74, 6) is -0.503. The molecule has 532 valence electrons. The molecule has 0 atom stereocenters. The van der Waals surface area contributed by atoms with E-state index >= 15 is 0 Å². The van der Waals surface area contributed by atoms with Gasteiger partial charge in [-0.1, -0.05) is 70.7 Å². The van der Waals surface area contributed by atoms with Crippen molar-refractivity contribution in [1.29, 1.82) is 0 Å². The van der Waals surface area contributed by atoms with Gasteiger partial charge in [0, 0.05) is 121 Å². The van der Waals surface area contributed by atoms with Crippen LogP contribution in [0.1, 0.15) is 97.6 Å². The van der Waals surface area contributed by atoms with Gasteiger partial charge in [-0.15, -0.1) is 45.3 Å². The molecule has 16 aromatic rings. The van der Waals surface area contributed by atoms with Crippen LogP contribution in [0.25, 0.3) is 130 Å². The lowest BCUT2D eigenvalue weighted by atomic mass is 9.99. The van der Waals surface area contributed by atoms with Crippen molar-refractivity contribution < 1.29 is 19.2 Å². The minimum atomic E-state index is -0.143. The van der Waals surface area contributed by atoms with Crippen LogP contribution in [0, 0.1) is 55.4 Å². The second kappa shape index (κ2) is 31.0. The first-order valence-corrected chi connectivity index (χ1v) is 38.0. The number of aryl methyl sites for hydroxylation is 8. The molecule has 0 aliphatic rings. The molecule has 0 unspecified atom stereocenters. The summed E-state index contributed by atoms with van der Waals surface area (Å²) in [6, 6.07) is 23.3. The molecular weight excluding hydrogens is 1500 g/mol. The van der Waals surface area contributed by atoms with E-state index in [0.29, 0.717) is 52.7 Å². The van der Waals surface area contributed by atoms with Crippen LogP contribution in [0.3, 0.4) is 0 Å². The van der Waals surface area contributed by atoms with Crippen LogP contribution in [0.5, 0.6) is 0 Å². The van der Waals surface area contributed by atoms with Crippen LogP contribution in [-0.4, -0.2) is 111 Å². The van der Waals surface area contributed by atoms with Crippen molar-refractivity contribution in [2.45, 2.75) is 69.2 Å². The van der Waals surface area contributed by atoms with Gasteiger partial charge in [-0.05, 0) is 162 Å². The molecule has 12 heterocycles. The van der Waals surface area contributed by atoms with Gasteiger partial charge >= 0.3 is 0 Å². The molecular formula is C78H64Cl4N16O4S4. The van der Waals surface area contributed by atoms with Gasteiger partial charge in [0.2, 0.25) is 0 Å². The number of pyridine rings is 4. The summed E-state index contributed by atoms with van der Waals surface area (Å²) in [7, 11) is 3.25. The molecule has 4 N–H and O–H groups in total. The number of rotatable bonds is 10. The summed E-state index contributed by atoms with van der Waals surface area (Å²) < 4.78 is 0. The Morgan fingerprint density at radius 3 is 0.736 bits per heavy atom. The number of benzene rings is 4. The summed E-state index contributed by atoms with van der Waals surface area (Å²) >= 11 is 31.4. The van der Waals surface area contributed by atoms with Crippen molar-refractivity contribution in [3.05, 3.63) is 207 Å². The Hall–Kier alpha value is -10.3. The van der Waals surface area contributed by atoms with Gasteiger partial charge in [0.1, 0.15) is 38.8 Å². The first-order valence-electron chi connectivity index (χ1n) is 33.3. The highest BCUT2D eigenvalue weighted by atomic mass is 35.5. The lowest BCUT2D eigenvalue weighted by Gasteiger charge is -2.09. The molecule has 0 aliphatic carbocycles. The SMILES string of the molecule is CCNC(=O)c1sc2nc(C)c(Cl)c(C)c2c1-c1ccc2nccnc2c1.CCNC(=O)c1sc2nc(C)c(Cl)c(C)c2c1-c1ccc2nccnc2c1.CNC(=O)c1sc2nc(C)c(Cl)c(C)c2c1-c1ccc2nccnc2c1.CNC(=O)c1sc2nc(C)c(Cl)c(C)c2c1-c1ccc2nccnc2c1. The van der Waals surface area contributed by atoms with Gasteiger partial charge in [-0.2, -0.15) is 0 Å². The number of thiophene rings is 4. The predicted octanol–water partition coefficient (Wildman–Crippen LogP) is 18.9. The molecule has 0 spiro atoms. The molecule has 0 fully saturated rings. The quantitative estimate of drug-likeness (QED) is 0.0991. The topological polar surface area (TPSA) is 271 Å². The van der Waals surface area contributed by atoms with Crippen LogP contribution >= 0.6 is 91.8 Å². The number of halogens is 4. The molecule has 4 amide bonds. The highest BCUT2D eigenvalue weighted by Gasteiger charge is 2.29. The maximum Gasteiger partial charge on any atom is 0.262 e. The highest BCUT2D eigenvalue weighted by Crippen LogP contribution is 2.47. The standard InChI is InChI=1S/2C20H17ClN4OS.2C19H15ClN4OS/c2*1-4-22-19(26)18-16(12-5-6-13-14(9-12)24-8-7-23-13)15-10(2)17(21)11(3)25-20(15)27-18;2*1-9-14-15(11-4-5-12-13(8-11)23-7-6-22-12)17(18(25)21-3)26-19(14)24-10(2)16(9)20/h2*5-9H,4H2,1-3H3,(H,22,26);2*4-8H,1-3H3,(H,21,25). The highest BCUT2D eigenvalue weighted by molar-refractivity contribution is 7.22. The van der Waals surface area contributed by atoms with Crippen LogP contribution < -0.4 is 21.3 Å². The largest absolute Gasteiger partial charge is 0.354 e. The number of fused-ring (bicyclic) bond motifs is 8. The summed E-state index contributed by atoms with van der Waals surface area (Å²) in [4.78, 5) is 110. The zero-order chi connectivity index (χ0) is 75.1. The van der Waals surface area contributed by atoms with Crippen LogP contribution in [0.2, 0.25) is 20.1 Å². The average Bonchev–Trinajstić information content (AvgIpc) is 1.61. The second-order valence-corrected chi connectivity index (χ2v) is 29.9. The Morgan fingerprint density at radius 1 is 0.321 bits per heavy atom. The van der Waals surface area contributed by atoms with Crippen molar-refractivity contribution in [2.75, 3.05) is 27.2 Å². The molecule has 4 aromatic carbocycles. The van der Waals surface area contributed by atoms with Crippen molar-refractivity contribution in [2.24, 2.45) is 0 Å². The van der Waals surface area contributed by atoms with E-state index in [0.717, 1.165) is 175 Å². The van der Waals surface area contributed by atoms with Crippen molar-refractivity contribution >= 4 is 200 Å². The van der Waals surface area contributed by atoms with Crippen LogP contribution in [0.15, 0.2) is 122 Å². The first-order chi connectivity index (χ1) is 51.0. The van der Waals surface area contributed by atoms with Gasteiger partial charge in [0.25, 0.3) is 23.6 Å². The minimum absolute atomic E-state index is 0.108. The fourth-order valence-corrected chi connectivity index (χ4v) is 18.1. The lowest BCUT2D eigenvalue weighted by molar-refractivity contribution is 0.0952. The molecule has 0 aliphatic heterocycles. The van der Waals surface area contributed by atoms with Gasteiger partial charge in [-0.3, -0.25) is 59.0 Å². The number of hydrogen-bond donors (Lipinski definition) is 4. The zero-order valence-electron chi connectivity index (χ0n) is 59.1. The third-order valence-electron chi connectivity index (χ3n) is 17.7. The van der Waals surface area contributed by atoms with E-state index in [1.165, 1.54) is 45.3 Å². The molecule has 0 saturated heterocycles. The van der Waals surface area contributed by atoms with E-state index in [4.69, 9.17) is 46.4 Å². The molecule has 106 heavy (non-hydrogen) atoms.